The highest BCUT2D eigenvalue weighted by molar-refractivity contribution is 6.31. The SMILES string of the molecule is COc1ccccc1CN=C(N)c1cc2cc(Cl)ccc2[nH]1.Cl. The van der Waals surface area contributed by atoms with Crippen molar-refractivity contribution in [1.82, 2.24) is 4.98 Å². The van der Waals surface area contributed by atoms with Crippen LogP contribution >= 0.6 is 24.0 Å². The molecule has 0 fully saturated rings. The third-order valence-electron chi connectivity index (χ3n) is 3.47. The zero-order chi connectivity index (χ0) is 15.5. The van der Waals surface area contributed by atoms with E-state index < -0.39 is 0 Å². The van der Waals surface area contributed by atoms with Gasteiger partial charge in [0.1, 0.15) is 11.6 Å². The van der Waals surface area contributed by atoms with Crippen molar-refractivity contribution in [2.75, 3.05) is 7.11 Å². The van der Waals surface area contributed by atoms with Gasteiger partial charge in [0.2, 0.25) is 0 Å². The average molecular weight is 350 g/mol. The molecule has 2 aromatic carbocycles. The monoisotopic (exact) mass is 349 g/mol. The Morgan fingerprint density at radius 1 is 1.22 bits per heavy atom. The van der Waals surface area contributed by atoms with E-state index in [-0.39, 0.29) is 12.4 Å². The van der Waals surface area contributed by atoms with E-state index in [0.717, 1.165) is 27.9 Å². The Labute approximate surface area is 145 Å². The number of aromatic amines is 1. The number of halogens is 2. The average Bonchev–Trinajstić information content (AvgIpc) is 2.96. The number of methoxy groups -OCH3 is 1. The number of para-hydroxylation sites is 1. The minimum Gasteiger partial charge on any atom is -0.496 e. The summed E-state index contributed by atoms with van der Waals surface area (Å²) in [5, 5.41) is 1.71. The molecule has 3 N–H and O–H groups in total. The molecular formula is C17H17Cl2N3O. The molecule has 4 nitrogen and oxygen atoms in total. The third-order valence-corrected chi connectivity index (χ3v) is 3.71. The summed E-state index contributed by atoms with van der Waals surface area (Å²) in [6.07, 6.45) is 0. The molecule has 0 spiro atoms. The number of amidine groups is 1. The van der Waals surface area contributed by atoms with Gasteiger partial charge in [-0.05, 0) is 30.3 Å². The molecule has 1 heterocycles. The Kier molecular flexibility index (Phi) is 5.53. The van der Waals surface area contributed by atoms with Crippen molar-refractivity contribution in [3.05, 3.63) is 64.8 Å². The quantitative estimate of drug-likeness (QED) is 0.548. The summed E-state index contributed by atoms with van der Waals surface area (Å²) in [7, 11) is 1.65. The first-order valence-corrected chi connectivity index (χ1v) is 7.25. The number of H-pyrrole nitrogens is 1. The molecule has 23 heavy (non-hydrogen) atoms. The molecule has 0 saturated heterocycles. The molecule has 0 bridgehead atoms. The highest BCUT2D eigenvalue weighted by Crippen LogP contribution is 2.21. The molecule has 0 unspecified atom stereocenters. The van der Waals surface area contributed by atoms with Gasteiger partial charge in [0, 0.05) is 21.5 Å². The predicted molar refractivity (Wildman–Crippen MR) is 98.0 cm³/mol. The minimum absolute atomic E-state index is 0. The van der Waals surface area contributed by atoms with Crippen molar-refractivity contribution >= 4 is 40.7 Å². The van der Waals surface area contributed by atoms with Gasteiger partial charge in [-0.2, -0.15) is 0 Å². The number of aromatic nitrogens is 1. The Morgan fingerprint density at radius 3 is 2.78 bits per heavy atom. The Bertz CT molecular complexity index is 843. The molecule has 1 aromatic heterocycles. The first-order valence-electron chi connectivity index (χ1n) is 6.88. The Hall–Kier alpha value is -2.17. The van der Waals surface area contributed by atoms with Gasteiger partial charge >= 0.3 is 0 Å². The Balaban J connectivity index is 0.00000192. The summed E-state index contributed by atoms with van der Waals surface area (Å²) in [6.45, 7) is 0.464. The fourth-order valence-corrected chi connectivity index (χ4v) is 2.51. The number of nitrogens with zero attached hydrogens (tertiary/aromatic N) is 1. The molecule has 3 rings (SSSR count). The second-order valence-corrected chi connectivity index (χ2v) is 5.36. The zero-order valence-corrected chi connectivity index (χ0v) is 14.1. The van der Waals surface area contributed by atoms with Crippen LogP contribution in [0.5, 0.6) is 5.75 Å². The van der Waals surface area contributed by atoms with Gasteiger partial charge in [-0.1, -0.05) is 29.8 Å². The lowest BCUT2D eigenvalue weighted by atomic mass is 10.2. The molecule has 0 amide bonds. The maximum absolute atomic E-state index is 6.08. The lowest BCUT2D eigenvalue weighted by Gasteiger charge is -2.05. The summed E-state index contributed by atoms with van der Waals surface area (Å²) in [5.74, 6) is 1.26. The molecule has 6 heteroatoms. The maximum atomic E-state index is 6.08. The van der Waals surface area contributed by atoms with Gasteiger partial charge in [-0.25, -0.2) is 0 Å². The number of ether oxygens (including phenoxy) is 1. The van der Waals surface area contributed by atoms with E-state index in [2.05, 4.69) is 9.98 Å². The summed E-state index contributed by atoms with van der Waals surface area (Å²) >= 11 is 5.99. The van der Waals surface area contributed by atoms with Gasteiger partial charge in [-0.3, -0.25) is 4.99 Å². The van der Waals surface area contributed by atoms with E-state index in [0.29, 0.717) is 17.4 Å². The van der Waals surface area contributed by atoms with Crippen molar-refractivity contribution in [3.63, 3.8) is 0 Å². The summed E-state index contributed by atoms with van der Waals surface area (Å²) in [4.78, 5) is 7.68. The largest absolute Gasteiger partial charge is 0.496 e. The molecular weight excluding hydrogens is 333 g/mol. The van der Waals surface area contributed by atoms with Crippen LogP contribution in [0.1, 0.15) is 11.3 Å². The van der Waals surface area contributed by atoms with E-state index in [1.165, 1.54) is 0 Å². The number of nitrogens with one attached hydrogen (secondary N) is 1. The number of rotatable bonds is 4. The van der Waals surface area contributed by atoms with Crippen LogP contribution in [0.15, 0.2) is 53.5 Å². The third kappa shape index (κ3) is 3.78. The first-order chi connectivity index (χ1) is 10.7. The van der Waals surface area contributed by atoms with Crippen molar-refractivity contribution in [3.8, 4) is 5.75 Å². The molecule has 0 aliphatic rings. The molecule has 0 aliphatic carbocycles. The molecule has 0 atom stereocenters. The van der Waals surface area contributed by atoms with E-state index >= 15 is 0 Å². The number of hydrogen-bond acceptors (Lipinski definition) is 2. The number of aliphatic imine (C=N–C) groups is 1. The van der Waals surface area contributed by atoms with Crippen molar-refractivity contribution in [2.45, 2.75) is 6.54 Å². The van der Waals surface area contributed by atoms with Gasteiger partial charge < -0.3 is 15.5 Å². The van der Waals surface area contributed by atoms with Crippen LogP contribution in [0.2, 0.25) is 5.02 Å². The van der Waals surface area contributed by atoms with Gasteiger partial charge in [0.05, 0.1) is 19.3 Å². The van der Waals surface area contributed by atoms with Crippen molar-refractivity contribution in [1.29, 1.82) is 0 Å². The summed E-state index contributed by atoms with van der Waals surface area (Å²) in [6, 6.07) is 15.4. The highest BCUT2D eigenvalue weighted by Gasteiger charge is 2.06. The highest BCUT2D eigenvalue weighted by atomic mass is 35.5. The van der Waals surface area contributed by atoms with Crippen LogP contribution in [0.3, 0.4) is 0 Å². The fraction of sp³-hybridized carbons (Fsp3) is 0.118. The fourth-order valence-electron chi connectivity index (χ4n) is 2.33. The second kappa shape index (κ2) is 7.40. The smallest absolute Gasteiger partial charge is 0.142 e. The standard InChI is InChI=1S/C17H16ClN3O.ClH/c1-22-16-5-3-2-4-11(16)10-20-17(19)15-9-12-8-13(18)6-7-14(12)21-15;/h2-9,21H,10H2,1H3,(H2,19,20);1H. The number of fused-ring (bicyclic) bond motifs is 1. The van der Waals surface area contributed by atoms with E-state index in [1.54, 1.807) is 7.11 Å². The van der Waals surface area contributed by atoms with Crippen LogP contribution in [-0.2, 0) is 6.54 Å². The molecule has 3 aromatic rings. The van der Waals surface area contributed by atoms with Gasteiger partial charge in [0.15, 0.2) is 0 Å². The van der Waals surface area contributed by atoms with Crippen LogP contribution in [-0.4, -0.2) is 17.9 Å². The Morgan fingerprint density at radius 2 is 2.00 bits per heavy atom. The number of nitrogens with two attached hydrogens (primary N) is 1. The van der Waals surface area contributed by atoms with E-state index in [9.17, 15) is 0 Å². The minimum atomic E-state index is 0. The molecule has 0 aliphatic heterocycles. The van der Waals surface area contributed by atoms with Crippen LogP contribution in [0.25, 0.3) is 10.9 Å². The first kappa shape index (κ1) is 17.2. The zero-order valence-electron chi connectivity index (χ0n) is 12.5. The van der Waals surface area contributed by atoms with Crippen molar-refractivity contribution < 1.29 is 4.74 Å². The molecule has 0 saturated carbocycles. The number of benzene rings is 2. The lowest BCUT2D eigenvalue weighted by Crippen LogP contribution is -2.14. The van der Waals surface area contributed by atoms with E-state index in [4.69, 9.17) is 22.1 Å². The van der Waals surface area contributed by atoms with Crippen LogP contribution in [0.4, 0.5) is 0 Å². The maximum Gasteiger partial charge on any atom is 0.142 e. The van der Waals surface area contributed by atoms with Crippen LogP contribution < -0.4 is 10.5 Å². The second-order valence-electron chi connectivity index (χ2n) is 4.93. The van der Waals surface area contributed by atoms with Crippen LogP contribution in [0, 0.1) is 0 Å². The topological polar surface area (TPSA) is 63.4 Å². The summed E-state index contributed by atoms with van der Waals surface area (Å²) in [5.41, 5.74) is 8.84. The van der Waals surface area contributed by atoms with E-state index in [1.807, 2.05) is 48.5 Å². The lowest BCUT2D eigenvalue weighted by molar-refractivity contribution is 0.410. The van der Waals surface area contributed by atoms with Gasteiger partial charge in [0.25, 0.3) is 0 Å². The molecule has 0 radical (unpaired) electrons. The predicted octanol–water partition coefficient (Wildman–Crippen LogP) is 4.16. The normalized spacial score (nSPS) is 11.3. The van der Waals surface area contributed by atoms with Crippen molar-refractivity contribution in [2.24, 2.45) is 10.7 Å². The summed E-state index contributed by atoms with van der Waals surface area (Å²) < 4.78 is 5.31. The van der Waals surface area contributed by atoms with Gasteiger partial charge in [-0.15, -0.1) is 12.4 Å². The molecule has 120 valence electrons. The number of hydrogen-bond donors (Lipinski definition) is 2.